The molecular weight excluding hydrogens is 610 g/mol. The summed E-state index contributed by atoms with van der Waals surface area (Å²) in [6.07, 6.45) is 6.65. The maximum Gasteiger partial charge on any atom is 0.323 e. The van der Waals surface area contributed by atoms with Crippen molar-refractivity contribution in [1.82, 2.24) is 19.7 Å². The van der Waals surface area contributed by atoms with E-state index in [1.165, 1.54) is 31.1 Å². The van der Waals surface area contributed by atoms with Crippen LogP contribution in [0.15, 0.2) is 47.6 Å². The molecule has 2 aliphatic heterocycles. The van der Waals surface area contributed by atoms with Gasteiger partial charge >= 0.3 is 11.9 Å². The van der Waals surface area contributed by atoms with Crippen LogP contribution < -0.4 is 20.3 Å². The number of hydrogen-bond acceptors (Lipinski definition) is 11. The highest BCUT2D eigenvalue weighted by Crippen LogP contribution is 2.33. The molecule has 0 bridgehead atoms. The lowest BCUT2D eigenvalue weighted by molar-refractivity contribution is -0.140. The normalized spacial score (nSPS) is 15.8. The van der Waals surface area contributed by atoms with Crippen LogP contribution in [0.25, 0.3) is 0 Å². The minimum atomic E-state index is -4.15. The fourth-order valence-corrected chi connectivity index (χ4v) is 7.12. The minimum Gasteiger partial charge on any atom is -0.480 e. The van der Waals surface area contributed by atoms with Crippen LogP contribution in [0.2, 0.25) is 0 Å². The van der Waals surface area contributed by atoms with Gasteiger partial charge in [-0.1, -0.05) is 25.1 Å². The molecule has 3 aromatic rings. The van der Waals surface area contributed by atoms with Crippen molar-refractivity contribution in [3.8, 4) is 0 Å². The van der Waals surface area contributed by atoms with E-state index in [9.17, 15) is 23.1 Å². The molecule has 1 saturated heterocycles. The number of ether oxygens (including phenoxy) is 1. The van der Waals surface area contributed by atoms with E-state index in [2.05, 4.69) is 47.1 Å². The van der Waals surface area contributed by atoms with Crippen molar-refractivity contribution in [2.45, 2.75) is 68.7 Å². The SMILES string of the molecule is CCc1c(NC[C@H](NS(=O)(=O)c2ccc(CCC(=O)OC)cc2)C(=O)O)ncnc1N1CCC(c2ccc3c(n2)NCCC3)CC1. The van der Waals surface area contributed by atoms with Crippen LogP contribution in [0.5, 0.6) is 0 Å². The van der Waals surface area contributed by atoms with Crippen molar-refractivity contribution < 1.29 is 27.9 Å². The highest BCUT2D eigenvalue weighted by Gasteiger charge is 2.28. The zero-order chi connectivity index (χ0) is 32.7. The first kappa shape index (κ1) is 33.1. The number of anilines is 3. The summed E-state index contributed by atoms with van der Waals surface area (Å²) in [6, 6.07) is 8.84. The van der Waals surface area contributed by atoms with Gasteiger partial charge in [0.2, 0.25) is 10.0 Å². The maximum absolute atomic E-state index is 13.0. The Morgan fingerprint density at radius 3 is 2.59 bits per heavy atom. The van der Waals surface area contributed by atoms with Gasteiger partial charge in [-0.25, -0.2) is 23.4 Å². The van der Waals surface area contributed by atoms with Crippen LogP contribution in [0.1, 0.15) is 60.9 Å². The second-order valence-corrected chi connectivity index (χ2v) is 13.2. The third kappa shape index (κ3) is 7.91. The van der Waals surface area contributed by atoms with Crippen molar-refractivity contribution in [3.63, 3.8) is 0 Å². The quantitative estimate of drug-likeness (QED) is 0.199. The van der Waals surface area contributed by atoms with Gasteiger partial charge in [-0.05, 0) is 67.9 Å². The molecule has 5 rings (SSSR count). The number of hydrogen-bond donors (Lipinski definition) is 4. The van der Waals surface area contributed by atoms with Crippen molar-refractivity contribution in [3.05, 3.63) is 65.1 Å². The Labute approximate surface area is 269 Å². The Bertz CT molecular complexity index is 1640. The summed E-state index contributed by atoms with van der Waals surface area (Å²) in [6.45, 7) is 4.30. The van der Waals surface area contributed by atoms with E-state index in [1.54, 1.807) is 12.1 Å². The predicted octanol–water partition coefficient (Wildman–Crippen LogP) is 3.13. The summed E-state index contributed by atoms with van der Waals surface area (Å²) in [5.74, 6) is 0.938. The summed E-state index contributed by atoms with van der Waals surface area (Å²) in [4.78, 5) is 39.5. The number of piperidine rings is 1. The molecule has 4 heterocycles. The molecule has 14 heteroatoms. The van der Waals surface area contributed by atoms with Crippen LogP contribution in [0, 0.1) is 0 Å². The number of aromatic nitrogens is 3. The van der Waals surface area contributed by atoms with Gasteiger partial charge in [-0.2, -0.15) is 4.72 Å². The summed E-state index contributed by atoms with van der Waals surface area (Å²) < 4.78 is 33.0. The first-order valence-electron chi connectivity index (χ1n) is 15.7. The number of aryl methyl sites for hydroxylation is 2. The molecule has 246 valence electrons. The molecule has 2 aromatic heterocycles. The molecule has 0 aliphatic carbocycles. The first-order chi connectivity index (χ1) is 22.2. The van der Waals surface area contributed by atoms with E-state index in [0.29, 0.717) is 24.6 Å². The van der Waals surface area contributed by atoms with Crippen LogP contribution in [0.3, 0.4) is 0 Å². The van der Waals surface area contributed by atoms with E-state index in [4.69, 9.17) is 4.98 Å². The fraction of sp³-hybridized carbons (Fsp3) is 0.469. The average Bonchev–Trinajstić information content (AvgIpc) is 3.08. The second kappa shape index (κ2) is 14.9. The molecule has 0 amide bonds. The highest BCUT2D eigenvalue weighted by atomic mass is 32.2. The van der Waals surface area contributed by atoms with Gasteiger partial charge in [-0.3, -0.25) is 9.59 Å². The third-order valence-electron chi connectivity index (χ3n) is 8.55. The number of carbonyl (C=O) groups excluding carboxylic acids is 1. The number of rotatable bonds is 13. The molecule has 0 radical (unpaired) electrons. The van der Waals surface area contributed by atoms with Crippen LogP contribution in [-0.4, -0.2) is 79.7 Å². The summed E-state index contributed by atoms with van der Waals surface area (Å²) in [5.41, 5.74) is 3.99. The van der Waals surface area contributed by atoms with Crippen molar-refractivity contribution in [2.75, 3.05) is 48.8 Å². The molecule has 1 atom stereocenters. The van der Waals surface area contributed by atoms with E-state index >= 15 is 0 Å². The van der Waals surface area contributed by atoms with Gasteiger partial charge in [0.05, 0.1) is 12.0 Å². The number of nitrogens with zero attached hydrogens (tertiary/aromatic N) is 4. The van der Waals surface area contributed by atoms with Crippen molar-refractivity contribution >= 4 is 39.4 Å². The minimum absolute atomic E-state index is 0.0793. The molecule has 1 fully saturated rings. The van der Waals surface area contributed by atoms with Crippen LogP contribution in [-0.2, 0) is 43.6 Å². The van der Waals surface area contributed by atoms with Gasteiger partial charge in [-0.15, -0.1) is 0 Å². The molecular formula is C32H41N7O6S. The molecule has 0 spiro atoms. The Morgan fingerprint density at radius 2 is 1.89 bits per heavy atom. The Balaban J connectivity index is 1.21. The highest BCUT2D eigenvalue weighted by molar-refractivity contribution is 7.89. The second-order valence-electron chi connectivity index (χ2n) is 11.5. The van der Waals surface area contributed by atoms with Gasteiger partial charge < -0.3 is 25.4 Å². The number of benzene rings is 1. The first-order valence-corrected chi connectivity index (χ1v) is 17.1. The van der Waals surface area contributed by atoms with E-state index in [1.807, 2.05) is 6.92 Å². The van der Waals surface area contributed by atoms with E-state index in [0.717, 1.165) is 73.8 Å². The van der Waals surface area contributed by atoms with Crippen molar-refractivity contribution in [1.29, 1.82) is 0 Å². The van der Waals surface area contributed by atoms with Gasteiger partial charge in [0.15, 0.2) is 0 Å². The summed E-state index contributed by atoms with van der Waals surface area (Å²) in [5, 5.41) is 16.3. The zero-order valence-corrected chi connectivity index (χ0v) is 27.0. The largest absolute Gasteiger partial charge is 0.480 e. The fourth-order valence-electron chi connectivity index (χ4n) is 5.93. The number of carboxylic acids is 1. The maximum atomic E-state index is 13.0. The Kier molecular flexibility index (Phi) is 10.7. The Morgan fingerprint density at radius 1 is 1.13 bits per heavy atom. The molecule has 2 aliphatic rings. The number of carbonyl (C=O) groups is 2. The third-order valence-corrected chi connectivity index (χ3v) is 10.0. The van der Waals surface area contributed by atoms with Gasteiger partial charge in [0, 0.05) is 49.8 Å². The molecule has 0 unspecified atom stereocenters. The van der Waals surface area contributed by atoms with Gasteiger partial charge in [0.1, 0.15) is 29.8 Å². The predicted molar refractivity (Wildman–Crippen MR) is 174 cm³/mol. The molecule has 46 heavy (non-hydrogen) atoms. The number of esters is 1. The van der Waals surface area contributed by atoms with Crippen molar-refractivity contribution in [2.24, 2.45) is 0 Å². The smallest absolute Gasteiger partial charge is 0.323 e. The topological polar surface area (TPSA) is 176 Å². The van der Waals surface area contributed by atoms with E-state index < -0.39 is 22.0 Å². The molecule has 4 N–H and O–H groups in total. The number of pyridine rings is 1. The van der Waals surface area contributed by atoms with E-state index in [-0.39, 0.29) is 23.8 Å². The number of aliphatic carboxylic acids is 1. The average molecular weight is 652 g/mol. The molecule has 13 nitrogen and oxygen atoms in total. The molecule has 0 saturated carbocycles. The number of sulfonamides is 1. The Hall–Kier alpha value is -4.30. The molecule has 1 aromatic carbocycles. The number of carboxylic acid groups (broad SMARTS) is 1. The van der Waals surface area contributed by atoms with Crippen LogP contribution >= 0.6 is 0 Å². The summed E-state index contributed by atoms with van der Waals surface area (Å²) >= 11 is 0. The lowest BCUT2D eigenvalue weighted by atomic mass is 9.92. The monoisotopic (exact) mass is 651 g/mol. The number of nitrogens with one attached hydrogen (secondary N) is 3. The standard InChI is InChI=1S/C32H41N7O6S/c1-3-25-30(34-19-27(32(41)42)38-46(43,44)24-10-6-21(7-11-24)8-13-28(40)45-2)35-20-36-31(25)39-17-14-22(15-18-39)26-12-9-23-5-4-16-33-29(23)37-26/h6-7,9-12,20,22,27,38H,3-5,8,13-19H2,1-2H3,(H,33,37)(H,41,42)(H,34,35,36)/t27-/m0/s1. The number of methoxy groups -OCH3 is 1. The lowest BCUT2D eigenvalue weighted by Crippen LogP contribution is -2.45. The number of fused-ring (bicyclic) bond motifs is 1. The summed E-state index contributed by atoms with van der Waals surface area (Å²) in [7, 11) is -2.84. The zero-order valence-electron chi connectivity index (χ0n) is 26.2. The lowest BCUT2D eigenvalue weighted by Gasteiger charge is -2.34. The van der Waals surface area contributed by atoms with Gasteiger partial charge in [0.25, 0.3) is 0 Å². The van der Waals surface area contributed by atoms with Crippen LogP contribution in [0.4, 0.5) is 17.5 Å².